The maximum atomic E-state index is 10.9. The molecule has 0 spiro atoms. The van der Waals surface area contributed by atoms with Gasteiger partial charge in [-0.05, 0) is 19.3 Å². The summed E-state index contributed by atoms with van der Waals surface area (Å²) in [6.07, 6.45) is 5.65. The highest BCUT2D eigenvalue weighted by atomic mass is 16.6. The molecule has 1 unspecified atom stereocenters. The minimum Gasteiger partial charge on any atom is -0.480 e. The van der Waals surface area contributed by atoms with Crippen molar-refractivity contribution in [3.05, 3.63) is 12.7 Å². The fourth-order valence-electron chi connectivity index (χ4n) is 3.45. The highest BCUT2D eigenvalue weighted by Gasteiger charge is 2.46. The molecule has 2 aromatic heterocycles. The Morgan fingerprint density at radius 1 is 1.37 bits per heavy atom. The van der Waals surface area contributed by atoms with E-state index in [2.05, 4.69) is 20.9 Å². The van der Waals surface area contributed by atoms with Gasteiger partial charge in [-0.25, -0.2) is 15.0 Å². The summed E-state index contributed by atoms with van der Waals surface area (Å²) < 4.78 is 13.3. The van der Waals surface area contributed by atoms with Crippen molar-refractivity contribution in [2.24, 2.45) is 11.5 Å². The summed E-state index contributed by atoms with van der Waals surface area (Å²) in [5.74, 6) is 1.50. The predicted octanol–water partition coefficient (Wildman–Crippen LogP) is -1.41. The molecule has 8 N–H and O–H groups in total. The minimum atomic E-state index is -1.09. The fraction of sp³-hybridized carbons (Fsp3) is 0.556. The Morgan fingerprint density at radius 3 is 2.83 bits per heavy atom. The molecule has 30 heavy (non-hydrogen) atoms. The number of hydrogen-bond acceptors (Lipinski definition) is 10. The molecule has 3 heterocycles. The zero-order chi connectivity index (χ0) is 21.8. The first kappa shape index (κ1) is 21.9. The van der Waals surface area contributed by atoms with Gasteiger partial charge in [0.05, 0.1) is 12.4 Å². The van der Waals surface area contributed by atoms with Crippen LogP contribution in [0.15, 0.2) is 12.7 Å². The van der Waals surface area contributed by atoms with Gasteiger partial charge in [0.25, 0.3) is 0 Å². The lowest BCUT2D eigenvalue weighted by Crippen LogP contribution is -2.38. The molecular weight excluding hydrogens is 394 g/mol. The van der Waals surface area contributed by atoms with Crippen molar-refractivity contribution in [2.45, 2.75) is 55.9 Å². The standard InChI is InChI=1S/C18H25N7O5/c1-2-5-29-14-13(26)11(6-9(19)3-4-10(20)18(27)28)30-17(14)25-8-24-12-15(21)22-7-23-16(12)25/h1,7-11,13-14,17,26H,3-6,19-20H2,(H,27,28)(H2,21,22,23)/t9-,10-,11+,13+,14+,17?/m0/s1. The molecule has 0 radical (unpaired) electrons. The number of aliphatic hydroxyl groups excluding tert-OH is 1. The second-order valence-electron chi connectivity index (χ2n) is 7.14. The van der Waals surface area contributed by atoms with Crippen molar-refractivity contribution in [3.8, 4) is 12.3 Å². The Labute approximate surface area is 172 Å². The van der Waals surface area contributed by atoms with Gasteiger partial charge in [0.15, 0.2) is 17.7 Å². The summed E-state index contributed by atoms with van der Waals surface area (Å²) in [4.78, 5) is 23.2. The lowest BCUT2D eigenvalue weighted by Gasteiger charge is -2.21. The third-order valence-corrected chi connectivity index (χ3v) is 5.03. The molecule has 0 amide bonds. The Kier molecular flexibility index (Phi) is 6.80. The van der Waals surface area contributed by atoms with Crippen LogP contribution in [-0.2, 0) is 14.3 Å². The van der Waals surface area contributed by atoms with Gasteiger partial charge in [0.1, 0.15) is 36.7 Å². The van der Waals surface area contributed by atoms with Gasteiger partial charge in [-0.3, -0.25) is 9.36 Å². The number of aromatic nitrogens is 4. The number of rotatable bonds is 9. The maximum absolute atomic E-state index is 10.9. The van der Waals surface area contributed by atoms with Crippen molar-refractivity contribution >= 4 is 23.0 Å². The molecule has 6 atom stereocenters. The summed E-state index contributed by atoms with van der Waals surface area (Å²) in [6, 6.07) is -1.42. The van der Waals surface area contributed by atoms with Gasteiger partial charge >= 0.3 is 5.97 Å². The molecule has 0 saturated carbocycles. The quantitative estimate of drug-likeness (QED) is 0.299. The number of terminal acetylenes is 1. The van der Waals surface area contributed by atoms with Crippen LogP contribution in [-0.4, -0.2) is 72.7 Å². The van der Waals surface area contributed by atoms with E-state index >= 15 is 0 Å². The van der Waals surface area contributed by atoms with Crippen molar-refractivity contribution in [2.75, 3.05) is 12.3 Å². The zero-order valence-corrected chi connectivity index (χ0v) is 16.2. The van der Waals surface area contributed by atoms with Crippen LogP contribution in [0.5, 0.6) is 0 Å². The first-order chi connectivity index (χ1) is 14.3. The van der Waals surface area contributed by atoms with Crippen LogP contribution in [0.25, 0.3) is 11.2 Å². The molecule has 0 aliphatic carbocycles. The van der Waals surface area contributed by atoms with Gasteiger partial charge in [-0.2, -0.15) is 0 Å². The van der Waals surface area contributed by atoms with E-state index in [1.165, 1.54) is 12.7 Å². The second-order valence-corrected chi connectivity index (χ2v) is 7.14. The predicted molar refractivity (Wildman–Crippen MR) is 106 cm³/mol. The van der Waals surface area contributed by atoms with Gasteiger partial charge < -0.3 is 36.9 Å². The summed E-state index contributed by atoms with van der Waals surface area (Å²) in [5.41, 5.74) is 18.3. The molecule has 3 rings (SSSR count). The van der Waals surface area contributed by atoms with Crippen LogP contribution >= 0.6 is 0 Å². The number of nitrogen functional groups attached to an aromatic ring is 1. The van der Waals surface area contributed by atoms with E-state index in [1.807, 2.05) is 0 Å². The smallest absolute Gasteiger partial charge is 0.320 e. The summed E-state index contributed by atoms with van der Waals surface area (Å²) in [7, 11) is 0. The topological polar surface area (TPSA) is 198 Å². The van der Waals surface area contributed by atoms with Gasteiger partial charge in [0, 0.05) is 6.04 Å². The molecular formula is C18H25N7O5. The highest BCUT2D eigenvalue weighted by Crippen LogP contribution is 2.35. The zero-order valence-electron chi connectivity index (χ0n) is 16.2. The number of nitrogens with two attached hydrogens (primary N) is 3. The van der Waals surface area contributed by atoms with E-state index in [1.54, 1.807) is 4.57 Å². The molecule has 12 heteroatoms. The lowest BCUT2D eigenvalue weighted by atomic mass is 9.98. The van der Waals surface area contributed by atoms with Crippen LogP contribution in [0.3, 0.4) is 0 Å². The van der Waals surface area contributed by atoms with E-state index in [4.69, 9.17) is 38.2 Å². The van der Waals surface area contributed by atoms with Gasteiger partial charge in [-0.15, -0.1) is 6.42 Å². The highest BCUT2D eigenvalue weighted by molar-refractivity contribution is 5.81. The van der Waals surface area contributed by atoms with Crippen LogP contribution in [0.4, 0.5) is 5.82 Å². The van der Waals surface area contributed by atoms with Gasteiger partial charge in [-0.1, -0.05) is 5.92 Å². The number of carboxylic acids is 1. The molecule has 162 valence electrons. The van der Waals surface area contributed by atoms with Crippen LogP contribution < -0.4 is 17.2 Å². The Bertz CT molecular complexity index is 929. The van der Waals surface area contributed by atoms with Crippen LogP contribution in [0, 0.1) is 12.3 Å². The number of imidazole rings is 1. The molecule has 0 aromatic carbocycles. The second kappa shape index (κ2) is 9.33. The van der Waals surface area contributed by atoms with E-state index in [0.29, 0.717) is 17.6 Å². The van der Waals surface area contributed by atoms with Crippen LogP contribution in [0.2, 0.25) is 0 Å². The maximum Gasteiger partial charge on any atom is 0.320 e. The Hall–Kier alpha value is -2.82. The number of anilines is 1. The first-order valence-electron chi connectivity index (χ1n) is 9.39. The lowest BCUT2D eigenvalue weighted by molar-refractivity contribution is -0.138. The van der Waals surface area contributed by atoms with E-state index < -0.39 is 42.6 Å². The largest absolute Gasteiger partial charge is 0.480 e. The summed E-state index contributed by atoms with van der Waals surface area (Å²) in [6.45, 7) is -0.0302. The van der Waals surface area contributed by atoms with Crippen molar-refractivity contribution < 1.29 is 24.5 Å². The van der Waals surface area contributed by atoms with Crippen molar-refractivity contribution in [1.29, 1.82) is 0 Å². The van der Waals surface area contributed by atoms with Crippen molar-refractivity contribution in [3.63, 3.8) is 0 Å². The number of carboxylic acid groups (broad SMARTS) is 1. The number of aliphatic hydroxyl groups is 1. The van der Waals surface area contributed by atoms with E-state index in [0.717, 1.165) is 0 Å². The Balaban J connectivity index is 1.77. The number of hydrogen-bond donors (Lipinski definition) is 5. The number of ether oxygens (including phenoxy) is 2. The normalized spacial score (nSPS) is 25.8. The van der Waals surface area contributed by atoms with Crippen molar-refractivity contribution in [1.82, 2.24) is 19.5 Å². The average molecular weight is 419 g/mol. The monoisotopic (exact) mass is 419 g/mol. The molecule has 1 aliphatic heterocycles. The average Bonchev–Trinajstić information content (AvgIpc) is 3.27. The Morgan fingerprint density at radius 2 is 2.13 bits per heavy atom. The number of nitrogens with zero attached hydrogens (tertiary/aromatic N) is 4. The summed E-state index contributed by atoms with van der Waals surface area (Å²) in [5, 5.41) is 19.7. The molecule has 1 fully saturated rings. The minimum absolute atomic E-state index is 0.0302. The number of fused-ring (bicyclic) bond motifs is 1. The fourth-order valence-corrected chi connectivity index (χ4v) is 3.45. The molecule has 2 aromatic rings. The van der Waals surface area contributed by atoms with Crippen LogP contribution in [0.1, 0.15) is 25.5 Å². The first-order valence-corrected chi connectivity index (χ1v) is 9.39. The molecule has 1 saturated heterocycles. The third-order valence-electron chi connectivity index (χ3n) is 5.03. The van der Waals surface area contributed by atoms with Gasteiger partial charge in [0.2, 0.25) is 0 Å². The molecule has 0 bridgehead atoms. The number of carbonyl (C=O) groups is 1. The molecule has 12 nitrogen and oxygen atoms in total. The number of aliphatic carboxylic acids is 1. The summed E-state index contributed by atoms with van der Waals surface area (Å²) >= 11 is 0. The molecule has 1 aliphatic rings. The SMILES string of the molecule is C#CCO[C@H]1C(n2cnc3c(N)ncnc32)O[C@H](C[C@@H](N)CC[C@H](N)C(=O)O)[C@H]1O. The van der Waals surface area contributed by atoms with E-state index in [9.17, 15) is 9.90 Å². The third kappa shape index (κ3) is 4.50. The van der Waals surface area contributed by atoms with E-state index in [-0.39, 0.29) is 25.3 Å².